The molecule has 0 N–H and O–H groups in total. The van der Waals surface area contributed by atoms with E-state index in [1.165, 1.54) is 0 Å². The number of rotatable bonds is 2. The fourth-order valence-corrected chi connectivity index (χ4v) is 2.95. The Bertz CT molecular complexity index is 528. The average Bonchev–Trinajstić information content (AvgIpc) is 2.25. The summed E-state index contributed by atoms with van der Waals surface area (Å²) in [5.41, 5.74) is 0. The summed E-state index contributed by atoms with van der Waals surface area (Å²) < 4.78 is 52.2. The molecule has 0 nitrogen and oxygen atoms in total. The molecule has 5 heteroatoms. The third-order valence-electron chi connectivity index (χ3n) is 2.32. The maximum Gasteiger partial charge on any atom is 0.162 e. The molecule has 0 aliphatic rings. The van der Waals surface area contributed by atoms with Gasteiger partial charge in [0.1, 0.15) is 23.3 Å². The van der Waals surface area contributed by atoms with Crippen molar-refractivity contribution in [3.8, 4) is 0 Å². The summed E-state index contributed by atoms with van der Waals surface area (Å²) in [4.78, 5) is 0. The summed E-state index contributed by atoms with van der Waals surface area (Å²) in [6.07, 6.45) is 3.74. The summed E-state index contributed by atoms with van der Waals surface area (Å²) >= 11 is 0. The van der Waals surface area contributed by atoms with Crippen LogP contribution in [0.5, 0.6) is 0 Å². The SMILES string of the molecule is C=[P+](c1cc(F)cc(F)c1)c1cc(F)cc(F)c1. The van der Waals surface area contributed by atoms with E-state index in [1.807, 2.05) is 0 Å². The van der Waals surface area contributed by atoms with Crippen LogP contribution in [0.25, 0.3) is 0 Å². The van der Waals surface area contributed by atoms with Gasteiger partial charge in [-0.15, -0.1) is 0 Å². The first-order valence-electron chi connectivity index (χ1n) is 4.98. The van der Waals surface area contributed by atoms with Crippen LogP contribution in [0.2, 0.25) is 0 Å². The molecule has 0 unspecified atom stereocenters. The van der Waals surface area contributed by atoms with Gasteiger partial charge in [-0.25, -0.2) is 17.6 Å². The van der Waals surface area contributed by atoms with Crippen molar-refractivity contribution in [1.82, 2.24) is 0 Å². The van der Waals surface area contributed by atoms with E-state index in [0.717, 1.165) is 36.4 Å². The normalized spacial score (nSPS) is 10.4. The van der Waals surface area contributed by atoms with Gasteiger partial charge in [0.25, 0.3) is 0 Å². The second kappa shape index (κ2) is 4.91. The molecule has 0 saturated carbocycles. The fourth-order valence-electron chi connectivity index (χ4n) is 1.54. The van der Waals surface area contributed by atoms with Gasteiger partial charge in [0.05, 0.1) is 6.30 Å². The standard InChI is InChI=1S/C13H8F4P/c1-18(12-4-8(14)2-9(15)5-12)13-6-10(16)3-11(17)7-13/h2-7H,1H2/q+1. The van der Waals surface area contributed by atoms with Crippen LogP contribution < -0.4 is 10.6 Å². The van der Waals surface area contributed by atoms with Gasteiger partial charge in [-0.05, 0) is 0 Å². The topological polar surface area (TPSA) is 0 Å². The first-order valence-corrected chi connectivity index (χ1v) is 6.51. The van der Waals surface area contributed by atoms with Gasteiger partial charge in [0.2, 0.25) is 0 Å². The molecular formula is C13H8F4P+. The highest BCUT2D eigenvalue weighted by Gasteiger charge is 2.19. The smallest absolute Gasteiger partial charge is 0.162 e. The van der Waals surface area contributed by atoms with Crippen molar-refractivity contribution < 1.29 is 17.6 Å². The Labute approximate surface area is 102 Å². The zero-order valence-electron chi connectivity index (χ0n) is 9.13. The lowest BCUT2D eigenvalue weighted by Crippen LogP contribution is -2.10. The minimum absolute atomic E-state index is 0.285. The summed E-state index contributed by atoms with van der Waals surface area (Å²) in [5.74, 6) is -2.95. The first kappa shape index (κ1) is 12.8. The van der Waals surface area contributed by atoms with Gasteiger partial charge < -0.3 is 0 Å². The number of hydrogen-bond donors (Lipinski definition) is 0. The molecule has 2 aromatic carbocycles. The van der Waals surface area contributed by atoms with Crippen LogP contribution in [-0.2, 0) is 0 Å². The van der Waals surface area contributed by atoms with Crippen molar-refractivity contribution >= 4 is 24.5 Å². The molecule has 0 saturated heterocycles. The monoisotopic (exact) mass is 271 g/mol. The van der Waals surface area contributed by atoms with Crippen molar-refractivity contribution in [2.45, 2.75) is 0 Å². The van der Waals surface area contributed by atoms with Gasteiger partial charge in [0.15, 0.2) is 18.2 Å². The zero-order chi connectivity index (χ0) is 13.3. The maximum absolute atomic E-state index is 13.1. The Morgan fingerprint density at radius 1 is 0.611 bits per heavy atom. The number of hydrogen-bond acceptors (Lipinski definition) is 0. The lowest BCUT2D eigenvalue weighted by molar-refractivity contribution is 0.585. The highest BCUT2D eigenvalue weighted by atomic mass is 31.1. The van der Waals surface area contributed by atoms with Crippen molar-refractivity contribution in [2.75, 3.05) is 0 Å². The van der Waals surface area contributed by atoms with E-state index in [9.17, 15) is 17.6 Å². The lowest BCUT2D eigenvalue weighted by Gasteiger charge is -1.97. The first-order chi connectivity index (χ1) is 8.45. The highest BCUT2D eigenvalue weighted by molar-refractivity contribution is 7.70. The highest BCUT2D eigenvalue weighted by Crippen LogP contribution is 2.21. The largest absolute Gasteiger partial charge is 0.207 e. The zero-order valence-corrected chi connectivity index (χ0v) is 10.0. The van der Waals surface area contributed by atoms with Crippen molar-refractivity contribution in [3.63, 3.8) is 0 Å². The Hall–Kier alpha value is -1.67. The Morgan fingerprint density at radius 2 is 0.889 bits per heavy atom. The number of halogens is 4. The van der Waals surface area contributed by atoms with Crippen LogP contribution in [0.4, 0.5) is 17.6 Å². The van der Waals surface area contributed by atoms with Crippen LogP contribution in [-0.4, -0.2) is 6.30 Å². The molecule has 0 amide bonds. The molecule has 2 aromatic rings. The van der Waals surface area contributed by atoms with Crippen LogP contribution in [0.15, 0.2) is 36.4 Å². The van der Waals surface area contributed by atoms with Gasteiger partial charge in [-0.1, -0.05) is 0 Å². The van der Waals surface area contributed by atoms with E-state index in [0.29, 0.717) is 0 Å². The molecule has 0 aliphatic carbocycles. The predicted molar refractivity (Wildman–Crippen MR) is 66.0 cm³/mol. The van der Waals surface area contributed by atoms with Crippen molar-refractivity contribution in [2.24, 2.45) is 0 Å². The summed E-state index contributed by atoms with van der Waals surface area (Å²) in [6, 6.07) is 5.93. The molecule has 18 heavy (non-hydrogen) atoms. The van der Waals surface area contributed by atoms with Crippen LogP contribution >= 0.6 is 7.55 Å². The quantitative estimate of drug-likeness (QED) is 0.581. The van der Waals surface area contributed by atoms with Crippen LogP contribution in [0.3, 0.4) is 0 Å². The molecule has 0 bridgehead atoms. The van der Waals surface area contributed by atoms with E-state index >= 15 is 0 Å². The maximum atomic E-state index is 13.1. The predicted octanol–water partition coefficient (Wildman–Crippen LogP) is 3.11. The molecule has 0 heterocycles. The second-order valence-corrected chi connectivity index (χ2v) is 5.57. The fraction of sp³-hybridized carbons (Fsp3) is 0. The third kappa shape index (κ3) is 2.77. The lowest BCUT2D eigenvalue weighted by atomic mass is 10.3. The van der Waals surface area contributed by atoms with E-state index in [-0.39, 0.29) is 10.6 Å². The molecule has 2 rings (SSSR count). The number of benzene rings is 2. The summed E-state index contributed by atoms with van der Waals surface area (Å²) in [5, 5.41) is 0.569. The molecule has 92 valence electrons. The van der Waals surface area contributed by atoms with Gasteiger partial charge in [0, 0.05) is 36.4 Å². The Balaban J connectivity index is 2.47. The van der Waals surface area contributed by atoms with E-state index in [1.54, 1.807) is 0 Å². The van der Waals surface area contributed by atoms with Crippen LogP contribution in [0, 0.1) is 23.3 Å². The van der Waals surface area contributed by atoms with Gasteiger partial charge >= 0.3 is 0 Å². The Morgan fingerprint density at radius 3 is 1.17 bits per heavy atom. The van der Waals surface area contributed by atoms with Crippen molar-refractivity contribution in [3.05, 3.63) is 59.7 Å². The minimum Gasteiger partial charge on any atom is -0.207 e. The average molecular weight is 271 g/mol. The molecule has 0 spiro atoms. The molecule has 0 atom stereocenters. The third-order valence-corrected chi connectivity index (χ3v) is 4.08. The summed E-state index contributed by atoms with van der Waals surface area (Å²) in [7, 11) is -1.45. The molecule has 0 aliphatic heterocycles. The Kier molecular flexibility index (Phi) is 3.48. The van der Waals surface area contributed by atoms with E-state index < -0.39 is 30.8 Å². The van der Waals surface area contributed by atoms with Gasteiger partial charge in [-0.3, -0.25) is 0 Å². The molecule has 0 fully saturated rings. The molecule has 0 aromatic heterocycles. The van der Waals surface area contributed by atoms with Crippen molar-refractivity contribution in [1.29, 1.82) is 0 Å². The summed E-state index contributed by atoms with van der Waals surface area (Å²) in [6.45, 7) is 0. The van der Waals surface area contributed by atoms with E-state index in [4.69, 9.17) is 0 Å². The van der Waals surface area contributed by atoms with Gasteiger partial charge in [-0.2, -0.15) is 0 Å². The van der Waals surface area contributed by atoms with E-state index in [2.05, 4.69) is 6.30 Å². The van der Waals surface area contributed by atoms with Crippen LogP contribution in [0.1, 0.15) is 0 Å². The minimum atomic E-state index is -1.45. The second-order valence-electron chi connectivity index (χ2n) is 3.68. The molecular weight excluding hydrogens is 263 g/mol. The molecule has 0 radical (unpaired) electrons.